The van der Waals surface area contributed by atoms with Crippen molar-refractivity contribution in [2.45, 2.75) is 18.1 Å². The largest absolute Gasteiger partial charge is 0.447 e. The van der Waals surface area contributed by atoms with Crippen LogP contribution in [0.15, 0.2) is 39.2 Å². The second kappa shape index (κ2) is 5.66. The average molecular weight is 286 g/mol. The Morgan fingerprint density at radius 3 is 2.78 bits per heavy atom. The molecule has 0 aromatic carbocycles. The Morgan fingerprint density at radius 1 is 1.33 bits per heavy atom. The molecule has 2 heterocycles. The molecular weight excluding hydrogens is 272 g/mol. The summed E-state index contributed by atoms with van der Waals surface area (Å²) in [7, 11) is -3.57. The molecule has 0 fully saturated rings. The molecule has 0 amide bonds. The molecule has 0 radical (unpaired) electrons. The van der Waals surface area contributed by atoms with Crippen LogP contribution in [0.1, 0.15) is 10.6 Å². The van der Waals surface area contributed by atoms with Crippen molar-refractivity contribution in [1.29, 1.82) is 0 Å². The van der Waals surface area contributed by atoms with Crippen molar-refractivity contribution < 1.29 is 12.8 Å². The molecule has 0 aliphatic rings. The first-order chi connectivity index (χ1) is 8.62. The molecule has 0 bridgehead atoms. The fourth-order valence-corrected chi connectivity index (χ4v) is 3.13. The zero-order valence-electron chi connectivity index (χ0n) is 9.63. The predicted molar refractivity (Wildman–Crippen MR) is 69.8 cm³/mol. The van der Waals surface area contributed by atoms with Crippen LogP contribution in [0.3, 0.4) is 0 Å². The van der Waals surface area contributed by atoms with Crippen LogP contribution in [0, 0.1) is 0 Å². The molecule has 0 spiro atoms. The summed E-state index contributed by atoms with van der Waals surface area (Å²) >= 11 is 1.60. The van der Waals surface area contributed by atoms with Gasteiger partial charge in [-0.2, -0.15) is 0 Å². The normalized spacial score (nSPS) is 11.8. The molecule has 0 unspecified atom stereocenters. The minimum atomic E-state index is -3.57. The zero-order chi connectivity index (χ0) is 13.0. The first-order valence-corrected chi connectivity index (χ1v) is 7.79. The number of sulfonamides is 1. The number of thiophene rings is 1. The molecule has 0 saturated carbocycles. The Bertz CT molecular complexity index is 588. The van der Waals surface area contributed by atoms with Crippen molar-refractivity contribution in [1.82, 2.24) is 4.72 Å². The molecule has 0 aliphatic carbocycles. The Morgan fingerprint density at radius 2 is 2.17 bits per heavy atom. The van der Waals surface area contributed by atoms with Crippen LogP contribution in [0.2, 0.25) is 0 Å². The van der Waals surface area contributed by atoms with E-state index in [2.05, 4.69) is 4.72 Å². The molecule has 98 valence electrons. The van der Waals surface area contributed by atoms with Gasteiger partial charge in [0.1, 0.15) is 5.76 Å². The van der Waals surface area contributed by atoms with Gasteiger partial charge in [-0.3, -0.25) is 0 Å². The summed E-state index contributed by atoms with van der Waals surface area (Å²) < 4.78 is 31.3. The summed E-state index contributed by atoms with van der Waals surface area (Å²) in [6.45, 7) is 0.534. The first-order valence-electron chi connectivity index (χ1n) is 5.42. The van der Waals surface area contributed by atoms with Crippen molar-refractivity contribution >= 4 is 21.4 Å². The maximum Gasteiger partial charge on any atom is 0.273 e. The van der Waals surface area contributed by atoms with Crippen LogP contribution in [-0.4, -0.2) is 15.0 Å². The molecule has 18 heavy (non-hydrogen) atoms. The first kappa shape index (κ1) is 13.3. The van der Waals surface area contributed by atoms with E-state index in [0.717, 1.165) is 4.88 Å². The van der Waals surface area contributed by atoms with E-state index in [1.165, 1.54) is 6.07 Å². The summed E-state index contributed by atoms with van der Waals surface area (Å²) in [5.41, 5.74) is 5.36. The number of hydrogen-bond donors (Lipinski definition) is 2. The highest BCUT2D eigenvalue weighted by atomic mass is 32.2. The molecule has 7 heteroatoms. The van der Waals surface area contributed by atoms with Crippen LogP contribution in [-0.2, 0) is 23.0 Å². The molecule has 2 rings (SSSR count). The molecule has 0 atom stereocenters. The van der Waals surface area contributed by atoms with E-state index < -0.39 is 10.0 Å². The maximum absolute atomic E-state index is 11.8. The van der Waals surface area contributed by atoms with E-state index in [0.29, 0.717) is 18.7 Å². The molecule has 3 N–H and O–H groups in total. The van der Waals surface area contributed by atoms with Gasteiger partial charge in [-0.25, -0.2) is 13.1 Å². The van der Waals surface area contributed by atoms with Gasteiger partial charge < -0.3 is 10.2 Å². The van der Waals surface area contributed by atoms with Crippen molar-refractivity contribution in [2.75, 3.05) is 6.54 Å². The quantitative estimate of drug-likeness (QED) is 0.838. The van der Waals surface area contributed by atoms with Crippen LogP contribution in [0.25, 0.3) is 0 Å². The monoisotopic (exact) mass is 286 g/mol. The lowest BCUT2D eigenvalue weighted by atomic mass is 10.3. The third-order valence-corrected chi connectivity index (χ3v) is 4.62. The van der Waals surface area contributed by atoms with E-state index in [4.69, 9.17) is 10.2 Å². The topological polar surface area (TPSA) is 85.3 Å². The van der Waals surface area contributed by atoms with Gasteiger partial charge in [0.2, 0.25) is 5.09 Å². The molecule has 2 aromatic heterocycles. The van der Waals surface area contributed by atoms with Crippen LogP contribution in [0.5, 0.6) is 0 Å². The average Bonchev–Trinajstić information content (AvgIpc) is 2.99. The summed E-state index contributed by atoms with van der Waals surface area (Å²) in [4.78, 5) is 1.14. The fraction of sp³-hybridized carbons (Fsp3) is 0.273. The number of hydrogen-bond acceptors (Lipinski definition) is 5. The summed E-state index contributed by atoms with van der Waals surface area (Å²) in [5, 5.41) is 1.87. The van der Waals surface area contributed by atoms with Gasteiger partial charge in [0.05, 0.1) is 6.54 Å². The van der Waals surface area contributed by atoms with Gasteiger partial charge in [-0.1, -0.05) is 6.07 Å². The zero-order valence-corrected chi connectivity index (χ0v) is 11.3. The van der Waals surface area contributed by atoms with Gasteiger partial charge in [-0.15, -0.1) is 11.3 Å². The van der Waals surface area contributed by atoms with Gasteiger partial charge >= 0.3 is 0 Å². The number of rotatable bonds is 6. The SMILES string of the molecule is NCc1ccc(S(=O)(=O)NCCc2cccs2)o1. The van der Waals surface area contributed by atoms with Gasteiger partial charge in [0.25, 0.3) is 10.0 Å². The summed E-state index contributed by atoms with van der Waals surface area (Å²) in [6.07, 6.45) is 0.668. The number of nitrogens with one attached hydrogen (secondary N) is 1. The molecule has 5 nitrogen and oxygen atoms in total. The van der Waals surface area contributed by atoms with Crippen LogP contribution >= 0.6 is 11.3 Å². The highest BCUT2D eigenvalue weighted by Gasteiger charge is 2.17. The highest BCUT2D eigenvalue weighted by Crippen LogP contribution is 2.13. The third kappa shape index (κ3) is 3.20. The number of furan rings is 1. The lowest BCUT2D eigenvalue weighted by Gasteiger charge is -2.02. The number of nitrogens with two attached hydrogens (primary N) is 1. The minimum Gasteiger partial charge on any atom is -0.447 e. The van der Waals surface area contributed by atoms with Crippen molar-refractivity contribution in [2.24, 2.45) is 5.73 Å². The molecular formula is C11H14N2O3S2. The van der Waals surface area contributed by atoms with Crippen molar-refractivity contribution in [3.8, 4) is 0 Å². The van der Waals surface area contributed by atoms with Gasteiger partial charge in [0, 0.05) is 11.4 Å². The summed E-state index contributed by atoms with van der Waals surface area (Å²) in [6, 6.07) is 6.89. The van der Waals surface area contributed by atoms with Gasteiger partial charge in [0.15, 0.2) is 0 Å². The van der Waals surface area contributed by atoms with E-state index in [9.17, 15) is 8.42 Å². The molecule has 0 saturated heterocycles. The van der Waals surface area contributed by atoms with Gasteiger partial charge in [-0.05, 0) is 30.0 Å². The second-order valence-electron chi connectivity index (χ2n) is 3.65. The highest BCUT2D eigenvalue weighted by molar-refractivity contribution is 7.89. The second-order valence-corrected chi connectivity index (χ2v) is 6.38. The lowest BCUT2D eigenvalue weighted by molar-refractivity contribution is 0.413. The Labute approximate surface area is 110 Å². The Hall–Kier alpha value is -1.15. The third-order valence-electron chi connectivity index (χ3n) is 2.35. The van der Waals surface area contributed by atoms with E-state index in [-0.39, 0.29) is 11.6 Å². The standard InChI is InChI=1S/C11H14N2O3S2/c12-8-9-3-4-11(16-9)18(14,15)13-6-5-10-2-1-7-17-10/h1-4,7,13H,5-6,8,12H2. The maximum atomic E-state index is 11.8. The lowest BCUT2D eigenvalue weighted by Crippen LogP contribution is -2.25. The molecule has 0 aliphatic heterocycles. The van der Waals surface area contributed by atoms with E-state index >= 15 is 0 Å². The smallest absolute Gasteiger partial charge is 0.273 e. The minimum absolute atomic E-state index is 0.0888. The van der Waals surface area contributed by atoms with E-state index in [1.807, 2.05) is 17.5 Å². The summed E-state index contributed by atoms with van der Waals surface area (Å²) in [5.74, 6) is 0.452. The predicted octanol–water partition coefficient (Wildman–Crippen LogP) is 1.32. The Balaban J connectivity index is 1.95. The van der Waals surface area contributed by atoms with E-state index in [1.54, 1.807) is 17.4 Å². The molecule has 2 aromatic rings. The fourth-order valence-electron chi connectivity index (χ4n) is 1.45. The van der Waals surface area contributed by atoms with Crippen molar-refractivity contribution in [3.63, 3.8) is 0 Å². The van der Waals surface area contributed by atoms with Crippen LogP contribution in [0.4, 0.5) is 0 Å². The Kier molecular flexibility index (Phi) is 4.18. The van der Waals surface area contributed by atoms with Crippen LogP contribution < -0.4 is 10.5 Å². The van der Waals surface area contributed by atoms with Crippen molar-refractivity contribution in [3.05, 3.63) is 40.3 Å².